The molecule has 0 aliphatic carbocycles. The summed E-state index contributed by atoms with van der Waals surface area (Å²) in [6.07, 6.45) is 2.83. The fraction of sp³-hybridized carbons (Fsp3) is 0.692. The van der Waals surface area contributed by atoms with Gasteiger partial charge in [0, 0.05) is 19.6 Å². The van der Waals surface area contributed by atoms with Crippen molar-refractivity contribution in [3.63, 3.8) is 0 Å². The number of rotatable bonds is 5. The molecule has 19 heavy (non-hydrogen) atoms. The summed E-state index contributed by atoms with van der Waals surface area (Å²) in [4.78, 5) is 10.8. The van der Waals surface area contributed by atoms with Gasteiger partial charge in [-0.25, -0.2) is 9.97 Å². The van der Waals surface area contributed by atoms with Crippen LogP contribution in [0.4, 0.5) is 11.6 Å². The Balaban J connectivity index is 2.23. The van der Waals surface area contributed by atoms with Crippen molar-refractivity contribution >= 4 is 11.6 Å². The van der Waals surface area contributed by atoms with Gasteiger partial charge in [-0.05, 0) is 13.3 Å². The highest BCUT2D eigenvalue weighted by atomic mass is 16.5. The molecule has 0 bridgehead atoms. The van der Waals surface area contributed by atoms with Crippen molar-refractivity contribution in [2.75, 3.05) is 43.6 Å². The number of hydrogen-bond acceptors (Lipinski definition) is 6. The molecule has 6 heteroatoms. The van der Waals surface area contributed by atoms with Gasteiger partial charge in [-0.3, -0.25) is 0 Å². The van der Waals surface area contributed by atoms with E-state index in [-0.39, 0.29) is 6.10 Å². The lowest BCUT2D eigenvalue weighted by Crippen LogP contribution is -2.41. The van der Waals surface area contributed by atoms with Gasteiger partial charge in [-0.2, -0.15) is 0 Å². The van der Waals surface area contributed by atoms with Crippen LogP contribution in [0.5, 0.6) is 5.75 Å². The first kappa shape index (κ1) is 13.9. The van der Waals surface area contributed by atoms with E-state index in [1.165, 1.54) is 0 Å². The third-order valence-electron chi connectivity index (χ3n) is 3.07. The fourth-order valence-corrected chi connectivity index (χ4v) is 2.16. The third-order valence-corrected chi connectivity index (χ3v) is 3.07. The van der Waals surface area contributed by atoms with Gasteiger partial charge in [0.05, 0.1) is 19.8 Å². The van der Waals surface area contributed by atoms with E-state index in [9.17, 15) is 0 Å². The molecular weight excluding hydrogens is 244 g/mol. The van der Waals surface area contributed by atoms with Gasteiger partial charge in [-0.1, -0.05) is 6.92 Å². The summed E-state index contributed by atoms with van der Waals surface area (Å²) in [6, 6.07) is 0. The molecule has 0 saturated carbocycles. The molecule has 106 valence electrons. The smallest absolute Gasteiger partial charge is 0.204 e. The van der Waals surface area contributed by atoms with Crippen LogP contribution in [-0.2, 0) is 4.74 Å². The van der Waals surface area contributed by atoms with Crippen LogP contribution in [-0.4, -0.2) is 49.4 Å². The highest BCUT2D eigenvalue weighted by Crippen LogP contribution is 2.32. The first-order valence-electron chi connectivity index (χ1n) is 6.75. The minimum Gasteiger partial charge on any atom is -0.490 e. The van der Waals surface area contributed by atoms with Gasteiger partial charge in [0.2, 0.25) is 5.75 Å². The van der Waals surface area contributed by atoms with Crippen LogP contribution in [0.2, 0.25) is 0 Å². The predicted octanol–water partition coefficient (Wildman–Crippen LogP) is 1.53. The van der Waals surface area contributed by atoms with Crippen molar-refractivity contribution in [1.29, 1.82) is 0 Å². The standard InChI is InChI=1S/C13H22N4O2/c1-4-5-14-12-11(18-3)13(16-9-15-12)17-6-7-19-10(2)8-17/h9-10H,4-8H2,1-3H3,(H,14,15,16). The lowest BCUT2D eigenvalue weighted by atomic mass is 10.3. The number of anilines is 2. The zero-order valence-corrected chi connectivity index (χ0v) is 11.8. The molecule has 0 spiro atoms. The number of hydrogen-bond donors (Lipinski definition) is 1. The Bertz CT molecular complexity index is 414. The Morgan fingerprint density at radius 2 is 2.37 bits per heavy atom. The van der Waals surface area contributed by atoms with E-state index in [2.05, 4.69) is 34.0 Å². The lowest BCUT2D eigenvalue weighted by Gasteiger charge is -2.32. The van der Waals surface area contributed by atoms with E-state index < -0.39 is 0 Å². The fourth-order valence-electron chi connectivity index (χ4n) is 2.16. The van der Waals surface area contributed by atoms with Crippen LogP contribution in [0.25, 0.3) is 0 Å². The molecule has 0 radical (unpaired) electrons. The Morgan fingerprint density at radius 3 is 3.05 bits per heavy atom. The van der Waals surface area contributed by atoms with Crippen LogP contribution < -0.4 is 15.0 Å². The average molecular weight is 266 g/mol. The number of nitrogens with one attached hydrogen (secondary N) is 1. The van der Waals surface area contributed by atoms with Gasteiger partial charge in [0.25, 0.3) is 0 Å². The number of nitrogens with zero attached hydrogens (tertiary/aromatic N) is 3. The molecule has 0 aromatic carbocycles. The van der Waals surface area contributed by atoms with Crippen LogP contribution in [0.15, 0.2) is 6.33 Å². The van der Waals surface area contributed by atoms with Crippen LogP contribution in [0.3, 0.4) is 0 Å². The van der Waals surface area contributed by atoms with E-state index in [4.69, 9.17) is 9.47 Å². The van der Waals surface area contributed by atoms with Gasteiger partial charge < -0.3 is 19.7 Å². The van der Waals surface area contributed by atoms with Gasteiger partial charge in [0.1, 0.15) is 6.33 Å². The second kappa shape index (κ2) is 6.56. The highest BCUT2D eigenvalue weighted by Gasteiger charge is 2.23. The topological polar surface area (TPSA) is 59.5 Å². The molecule has 1 N–H and O–H groups in total. The van der Waals surface area contributed by atoms with E-state index in [0.29, 0.717) is 12.4 Å². The van der Waals surface area contributed by atoms with E-state index in [1.807, 2.05) is 0 Å². The third kappa shape index (κ3) is 3.26. The maximum Gasteiger partial charge on any atom is 0.204 e. The molecule has 1 aromatic heterocycles. The first-order valence-corrected chi connectivity index (χ1v) is 6.75. The summed E-state index contributed by atoms with van der Waals surface area (Å²) < 4.78 is 11.0. The highest BCUT2D eigenvalue weighted by molar-refractivity contribution is 5.64. The van der Waals surface area contributed by atoms with Gasteiger partial charge in [-0.15, -0.1) is 0 Å². The van der Waals surface area contributed by atoms with Crippen LogP contribution in [0, 0.1) is 0 Å². The Hall–Kier alpha value is -1.56. The summed E-state index contributed by atoms with van der Waals surface area (Å²) in [6.45, 7) is 7.41. The molecular formula is C13H22N4O2. The minimum absolute atomic E-state index is 0.209. The molecule has 1 saturated heterocycles. The summed E-state index contributed by atoms with van der Waals surface area (Å²) in [5.74, 6) is 2.31. The van der Waals surface area contributed by atoms with Gasteiger partial charge >= 0.3 is 0 Å². The van der Waals surface area contributed by atoms with Crippen LogP contribution in [0.1, 0.15) is 20.3 Å². The average Bonchev–Trinajstić information content (AvgIpc) is 2.44. The Morgan fingerprint density at radius 1 is 1.53 bits per heavy atom. The van der Waals surface area contributed by atoms with E-state index >= 15 is 0 Å². The molecule has 0 amide bonds. The van der Waals surface area contributed by atoms with Gasteiger partial charge in [0.15, 0.2) is 11.6 Å². The normalized spacial score (nSPS) is 19.3. The first-order chi connectivity index (χ1) is 9.26. The van der Waals surface area contributed by atoms with Crippen molar-refractivity contribution in [3.8, 4) is 5.75 Å². The predicted molar refractivity (Wildman–Crippen MR) is 75.0 cm³/mol. The van der Waals surface area contributed by atoms with Crippen molar-refractivity contribution in [2.24, 2.45) is 0 Å². The molecule has 1 aliphatic rings. The lowest BCUT2D eigenvalue weighted by molar-refractivity contribution is 0.0527. The van der Waals surface area contributed by atoms with Crippen molar-refractivity contribution in [3.05, 3.63) is 6.33 Å². The van der Waals surface area contributed by atoms with Crippen molar-refractivity contribution < 1.29 is 9.47 Å². The summed E-state index contributed by atoms with van der Waals surface area (Å²) in [5, 5.41) is 3.27. The maximum absolute atomic E-state index is 5.56. The second-order valence-electron chi connectivity index (χ2n) is 4.63. The molecule has 1 aromatic rings. The molecule has 2 heterocycles. The Labute approximate surface area is 114 Å². The van der Waals surface area contributed by atoms with Crippen molar-refractivity contribution in [2.45, 2.75) is 26.4 Å². The van der Waals surface area contributed by atoms with Crippen LogP contribution >= 0.6 is 0 Å². The maximum atomic E-state index is 5.56. The van der Waals surface area contributed by atoms with E-state index in [1.54, 1.807) is 13.4 Å². The van der Waals surface area contributed by atoms with Crippen molar-refractivity contribution in [1.82, 2.24) is 9.97 Å². The molecule has 1 unspecified atom stereocenters. The second-order valence-corrected chi connectivity index (χ2v) is 4.63. The molecule has 1 aliphatic heterocycles. The molecule has 1 fully saturated rings. The van der Waals surface area contributed by atoms with E-state index in [0.717, 1.165) is 37.7 Å². The SMILES string of the molecule is CCCNc1ncnc(N2CCOC(C)C2)c1OC. The number of morpholine rings is 1. The minimum atomic E-state index is 0.209. The summed E-state index contributed by atoms with van der Waals surface area (Å²) in [5.41, 5.74) is 0. The summed E-state index contributed by atoms with van der Waals surface area (Å²) in [7, 11) is 1.66. The zero-order valence-electron chi connectivity index (χ0n) is 11.8. The summed E-state index contributed by atoms with van der Waals surface area (Å²) >= 11 is 0. The molecule has 6 nitrogen and oxygen atoms in total. The molecule has 2 rings (SSSR count). The number of aromatic nitrogens is 2. The zero-order chi connectivity index (χ0) is 13.7. The Kier molecular flexibility index (Phi) is 4.79. The number of ether oxygens (including phenoxy) is 2. The number of methoxy groups -OCH3 is 1. The molecule has 1 atom stereocenters. The monoisotopic (exact) mass is 266 g/mol. The largest absolute Gasteiger partial charge is 0.490 e. The quantitative estimate of drug-likeness (QED) is 0.872.